The van der Waals surface area contributed by atoms with Gasteiger partial charge in [0.15, 0.2) is 0 Å². The van der Waals surface area contributed by atoms with Gasteiger partial charge in [-0.1, -0.05) is 13.0 Å². The van der Waals surface area contributed by atoms with Gasteiger partial charge in [0.25, 0.3) is 5.91 Å². The Morgan fingerprint density at radius 3 is 2.31 bits per heavy atom. The van der Waals surface area contributed by atoms with Crippen LogP contribution in [0.2, 0.25) is 0 Å². The molecule has 39 heavy (non-hydrogen) atoms. The lowest BCUT2D eigenvalue weighted by atomic mass is 10.1. The Hall–Kier alpha value is -4.02. The number of ether oxygens (including phenoxy) is 1. The van der Waals surface area contributed by atoms with Gasteiger partial charge in [0.05, 0.1) is 18.2 Å². The molecule has 0 saturated heterocycles. The van der Waals surface area contributed by atoms with Crippen LogP contribution in [0.25, 0.3) is 10.9 Å². The van der Waals surface area contributed by atoms with Gasteiger partial charge in [0.1, 0.15) is 5.75 Å². The molecule has 0 radical (unpaired) electrons. The highest BCUT2D eigenvalue weighted by molar-refractivity contribution is 6.00. The van der Waals surface area contributed by atoms with Crippen molar-refractivity contribution >= 4 is 28.8 Å². The van der Waals surface area contributed by atoms with E-state index in [1.165, 1.54) is 32.2 Å². The molecule has 2 N–H and O–H groups in total. The van der Waals surface area contributed by atoms with E-state index in [-0.39, 0.29) is 30.1 Å². The quantitative estimate of drug-likeness (QED) is 0.346. The zero-order valence-corrected chi connectivity index (χ0v) is 22.3. The summed E-state index contributed by atoms with van der Waals surface area (Å²) in [6, 6.07) is 10.8. The van der Waals surface area contributed by atoms with Gasteiger partial charge in [-0.2, -0.15) is 13.2 Å². The number of aromatic nitrogens is 1. The number of hydrogen-bond donors (Lipinski definition) is 2. The molecule has 210 valence electrons. The van der Waals surface area contributed by atoms with Crippen LogP contribution in [0.1, 0.15) is 59.2 Å². The molecule has 2 aromatic carbocycles. The van der Waals surface area contributed by atoms with E-state index >= 15 is 0 Å². The van der Waals surface area contributed by atoms with Crippen LogP contribution in [0.3, 0.4) is 0 Å². The minimum atomic E-state index is -4.31. The molecule has 1 atom stereocenters. The van der Waals surface area contributed by atoms with Gasteiger partial charge in [0.2, 0.25) is 0 Å². The topological polar surface area (TPSA) is 101 Å². The lowest BCUT2D eigenvalue weighted by Crippen LogP contribution is -2.35. The number of hydrogen-bond acceptors (Lipinski definition) is 4. The molecule has 0 saturated carbocycles. The fourth-order valence-corrected chi connectivity index (χ4v) is 4.46. The van der Waals surface area contributed by atoms with E-state index in [0.717, 1.165) is 0 Å². The summed E-state index contributed by atoms with van der Waals surface area (Å²) in [6.07, 6.45) is -5.07. The Kier molecular flexibility index (Phi) is 9.26. The molecule has 11 heteroatoms. The molecule has 0 spiro atoms. The first kappa shape index (κ1) is 29.5. The maximum absolute atomic E-state index is 13.5. The Bertz CT molecular complexity index is 1360. The van der Waals surface area contributed by atoms with E-state index in [2.05, 4.69) is 5.32 Å². The van der Waals surface area contributed by atoms with Crippen LogP contribution in [0.15, 0.2) is 42.5 Å². The van der Waals surface area contributed by atoms with Crippen molar-refractivity contribution in [1.82, 2.24) is 14.8 Å². The highest BCUT2D eigenvalue weighted by atomic mass is 19.4. The number of rotatable bonds is 10. The normalized spacial score (nSPS) is 12.3. The summed E-state index contributed by atoms with van der Waals surface area (Å²) in [5.74, 6) is -2.03. The molecule has 0 aliphatic heterocycles. The predicted octanol–water partition coefficient (Wildman–Crippen LogP) is 5.57. The molecule has 0 aliphatic carbocycles. The first-order valence-electron chi connectivity index (χ1n) is 12.6. The van der Waals surface area contributed by atoms with Crippen molar-refractivity contribution in [2.45, 2.75) is 39.8 Å². The molecule has 0 fully saturated rings. The third-order valence-electron chi connectivity index (χ3n) is 6.46. The molecule has 0 bridgehead atoms. The van der Waals surface area contributed by atoms with Crippen LogP contribution in [-0.4, -0.2) is 65.4 Å². The predicted molar refractivity (Wildman–Crippen MR) is 141 cm³/mol. The minimum Gasteiger partial charge on any atom is -0.496 e. The fourth-order valence-electron chi connectivity index (χ4n) is 4.46. The van der Waals surface area contributed by atoms with E-state index in [0.29, 0.717) is 41.0 Å². The van der Waals surface area contributed by atoms with Gasteiger partial charge in [0, 0.05) is 54.7 Å². The maximum Gasteiger partial charge on any atom is 0.389 e. The summed E-state index contributed by atoms with van der Waals surface area (Å²) in [5.41, 5.74) is 2.14. The average molecular weight is 548 g/mol. The number of amides is 2. The summed E-state index contributed by atoms with van der Waals surface area (Å²) in [6.45, 7) is 5.96. The number of carboxylic acids is 1. The molecular weight excluding hydrogens is 515 g/mol. The molecule has 2 amide bonds. The number of carboxylic acid groups (broad SMARTS) is 1. The van der Waals surface area contributed by atoms with Crippen molar-refractivity contribution < 1.29 is 37.4 Å². The van der Waals surface area contributed by atoms with Crippen molar-refractivity contribution in [3.63, 3.8) is 0 Å². The van der Waals surface area contributed by atoms with Crippen molar-refractivity contribution in [1.29, 1.82) is 0 Å². The van der Waals surface area contributed by atoms with Crippen molar-refractivity contribution in [3.05, 3.63) is 64.8 Å². The SMILES string of the molecule is CCN(CC)C(=O)n1c(Cc2ccc(C(=O)O)cc2OC)cc2cc(C(=O)NCC(C)CC(F)(F)F)ccc21. The van der Waals surface area contributed by atoms with Crippen LogP contribution in [0.5, 0.6) is 5.75 Å². The van der Waals surface area contributed by atoms with Crippen LogP contribution >= 0.6 is 0 Å². The number of fused-ring (bicyclic) bond motifs is 1. The van der Waals surface area contributed by atoms with Crippen molar-refractivity contribution in [3.8, 4) is 5.75 Å². The van der Waals surface area contributed by atoms with E-state index < -0.39 is 30.4 Å². The second-order valence-electron chi connectivity index (χ2n) is 9.34. The summed E-state index contributed by atoms with van der Waals surface area (Å²) in [4.78, 5) is 39.2. The molecule has 3 rings (SSSR count). The fraction of sp³-hybridized carbons (Fsp3) is 0.393. The Labute approximate surface area is 224 Å². The van der Waals surface area contributed by atoms with Crippen LogP contribution in [-0.2, 0) is 6.42 Å². The number of carbonyl (C=O) groups is 3. The average Bonchev–Trinajstić information content (AvgIpc) is 3.23. The number of carbonyl (C=O) groups excluding carboxylic acids is 2. The highest BCUT2D eigenvalue weighted by Crippen LogP contribution is 2.29. The van der Waals surface area contributed by atoms with E-state index in [9.17, 15) is 32.7 Å². The number of nitrogens with zero attached hydrogens (tertiary/aromatic N) is 2. The molecule has 0 aliphatic rings. The molecule has 3 aromatic rings. The highest BCUT2D eigenvalue weighted by Gasteiger charge is 2.30. The van der Waals surface area contributed by atoms with Gasteiger partial charge >= 0.3 is 18.2 Å². The third-order valence-corrected chi connectivity index (χ3v) is 6.46. The van der Waals surface area contributed by atoms with Gasteiger partial charge in [-0.25, -0.2) is 9.59 Å². The lowest BCUT2D eigenvalue weighted by Gasteiger charge is -2.21. The monoisotopic (exact) mass is 547 g/mol. The molecular formula is C28H32F3N3O5. The number of aromatic carboxylic acids is 1. The summed E-state index contributed by atoms with van der Waals surface area (Å²) >= 11 is 0. The second kappa shape index (κ2) is 12.2. The zero-order valence-electron chi connectivity index (χ0n) is 22.3. The number of nitrogens with one attached hydrogen (secondary N) is 1. The van der Waals surface area contributed by atoms with Gasteiger partial charge in [-0.15, -0.1) is 0 Å². The number of benzene rings is 2. The van der Waals surface area contributed by atoms with E-state index in [4.69, 9.17) is 4.74 Å². The molecule has 1 heterocycles. The Morgan fingerprint density at radius 1 is 1.05 bits per heavy atom. The Balaban J connectivity index is 1.99. The molecule has 8 nitrogen and oxygen atoms in total. The smallest absolute Gasteiger partial charge is 0.389 e. The van der Waals surface area contributed by atoms with Gasteiger partial charge in [-0.3, -0.25) is 9.36 Å². The summed E-state index contributed by atoms with van der Waals surface area (Å²) in [5, 5.41) is 12.5. The van der Waals surface area contributed by atoms with Gasteiger partial charge in [-0.05, 0) is 56.2 Å². The maximum atomic E-state index is 13.5. The number of halogens is 3. The molecule has 1 unspecified atom stereocenters. The summed E-state index contributed by atoms with van der Waals surface area (Å²) < 4.78 is 44.8. The van der Waals surface area contributed by atoms with Crippen molar-refractivity contribution in [2.24, 2.45) is 5.92 Å². The molecule has 1 aromatic heterocycles. The number of methoxy groups -OCH3 is 1. The largest absolute Gasteiger partial charge is 0.496 e. The van der Waals surface area contributed by atoms with Crippen molar-refractivity contribution in [2.75, 3.05) is 26.7 Å². The number of alkyl halides is 3. The van der Waals surface area contributed by atoms with Gasteiger partial charge < -0.3 is 20.1 Å². The zero-order chi connectivity index (χ0) is 28.9. The Morgan fingerprint density at radius 2 is 1.72 bits per heavy atom. The van der Waals surface area contributed by atoms with Crippen LogP contribution in [0.4, 0.5) is 18.0 Å². The lowest BCUT2D eigenvalue weighted by molar-refractivity contribution is -0.142. The first-order chi connectivity index (χ1) is 18.4. The van der Waals surface area contributed by atoms with Crippen LogP contribution < -0.4 is 10.1 Å². The third kappa shape index (κ3) is 7.10. The van der Waals surface area contributed by atoms with Crippen LogP contribution in [0, 0.1) is 5.92 Å². The standard InChI is InChI=1S/C28H32F3N3O5/c1-5-33(6-2)27(38)34-22(12-18-7-8-20(26(36)37)14-24(18)39-4)13-21-11-19(9-10-23(21)34)25(35)32-16-17(3)15-28(29,30)31/h7-11,13-14,17H,5-6,12,15-16H2,1-4H3,(H,32,35)(H,36,37). The van der Waals surface area contributed by atoms with E-state index in [1.807, 2.05) is 13.8 Å². The second-order valence-corrected chi connectivity index (χ2v) is 9.34. The minimum absolute atomic E-state index is 0.0653. The summed E-state index contributed by atoms with van der Waals surface area (Å²) in [7, 11) is 1.43. The first-order valence-corrected chi connectivity index (χ1v) is 12.6. The van der Waals surface area contributed by atoms with E-state index in [1.54, 1.807) is 33.7 Å².